The number of nitrogens with zero attached hydrogens (tertiary/aromatic N) is 2. The summed E-state index contributed by atoms with van der Waals surface area (Å²) >= 11 is 0. The molecule has 3 aromatic rings. The molecule has 15 nitrogen and oxygen atoms in total. The van der Waals surface area contributed by atoms with Crippen LogP contribution in [0, 0.1) is 0 Å². The largest absolute Gasteiger partial charge is 0.469 e. The van der Waals surface area contributed by atoms with Crippen molar-refractivity contribution in [2.45, 2.75) is 82.8 Å². The molecule has 0 aromatic carbocycles. The molecule has 3 N–H and O–H groups in total. The van der Waals surface area contributed by atoms with E-state index in [2.05, 4.69) is 9.97 Å². The number of esters is 4. The molecule has 0 fully saturated rings. The number of rotatable bonds is 11. The number of carbonyl (C=O) groups is 5. The van der Waals surface area contributed by atoms with Crippen LogP contribution in [0.25, 0.3) is 22.1 Å². The summed E-state index contributed by atoms with van der Waals surface area (Å²) in [6, 6.07) is 6.54. The number of aromatic amines is 2. The lowest BCUT2D eigenvalue weighted by Crippen LogP contribution is -2.42. The highest BCUT2D eigenvalue weighted by Crippen LogP contribution is 2.46. The number of hydrogen-bond donors (Lipinski definition) is 3. The van der Waals surface area contributed by atoms with Crippen molar-refractivity contribution < 1.29 is 52.8 Å². The summed E-state index contributed by atoms with van der Waals surface area (Å²) in [5.74, 6) is -2.38. The van der Waals surface area contributed by atoms with Gasteiger partial charge in [0.2, 0.25) is 0 Å². The smallest absolute Gasteiger partial charge is 0.310 e. The van der Waals surface area contributed by atoms with E-state index in [0.29, 0.717) is 50.0 Å². The molecule has 5 rings (SSSR count). The fourth-order valence-corrected chi connectivity index (χ4v) is 6.90. The van der Waals surface area contributed by atoms with Crippen molar-refractivity contribution in [1.29, 1.82) is 0 Å². The molecule has 3 aromatic heterocycles. The average molecular weight is 747 g/mol. The summed E-state index contributed by atoms with van der Waals surface area (Å²) in [5, 5.41) is 12.0. The van der Waals surface area contributed by atoms with Crippen LogP contribution < -0.4 is 0 Å². The predicted molar refractivity (Wildman–Crippen MR) is 194 cm³/mol. The number of methoxy groups -OCH3 is 5. The van der Waals surface area contributed by atoms with Gasteiger partial charge in [-0.2, -0.15) is 0 Å². The van der Waals surface area contributed by atoms with Crippen LogP contribution in [-0.4, -0.2) is 90.3 Å². The number of aliphatic hydroxyl groups is 1. The van der Waals surface area contributed by atoms with Crippen LogP contribution >= 0.6 is 0 Å². The molecule has 0 amide bonds. The highest BCUT2D eigenvalue weighted by atomic mass is 16.5. The zero-order valence-corrected chi connectivity index (χ0v) is 32.0. The Morgan fingerprint density at radius 2 is 1.06 bits per heavy atom. The standard InChI is InChI=1S/C39H46N4O11/c1-37(2)29-17-26-22(14-34(46)52-7)20(10-12-32(44)50-5)24(40-26)16-25-21(11-13-33(45)51-6)23(15-35(47)53-8)27(41-25)18-31-39(4,54-9)38(3,49)30(43-31)19-28(42-29)36(37)48/h16-19,40-41,49H,10-15H2,1-9H3. The highest BCUT2D eigenvalue weighted by molar-refractivity contribution is 6.04. The Morgan fingerprint density at radius 1 is 0.611 bits per heavy atom. The number of ketones is 1. The summed E-state index contributed by atoms with van der Waals surface area (Å²) in [5.41, 5.74) is 0.480. The number of ether oxygens (including phenoxy) is 5. The topological polar surface area (TPSA) is 209 Å². The van der Waals surface area contributed by atoms with Gasteiger partial charge in [0.15, 0.2) is 5.78 Å². The second-order valence-corrected chi connectivity index (χ2v) is 14.1. The van der Waals surface area contributed by atoms with Crippen LogP contribution in [0.15, 0.2) is 24.3 Å². The van der Waals surface area contributed by atoms with Crippen molar-refractivity contribution in [3.63, 3.8) is 0 Å². The Bertz CT molecular complexity index is 2200. The van der Waals surface area contributed by atoms with Crippen LogP contribution in [-0.2, 0) is 85.2 Å². The molecule has 5 heterocycles. The molecular formula is C39H46N4O11. The number of hydrogen-bond acceptors (Lipinski definition) is 13. The number of carbonyl (C=O) groups excluding carboxylic acids is 5. The minimum Gasteiger partial charge on any atom is -0.469 e. The van der Waals surface area contributed by atoms with Gasteiger partial charge in [0.25, 0.3) is 0 Å². The zero-order chi connectivity index (χ0) is 39.7. The third-order valence-electron chi connectivity index (χ3n) is 10.7. The Hall–Kier alpha value is -5.41. The molecule has 0 radical (unpaired) electrons. The molecule has 54 heavy (non-hydrogen) atoms. The Kier molecular flexibility index (Phi) is 11.2. The summed E-state index contributed by atoms with van der Waals surface area (Å²) in [6.45, 7) is 6.64. The minimum atomic E-state index is -1.76. The Balaban J connectivity index is 2.05. The highest BCUT2D eigenvalue weighted by Gasteiger charge is 2.53. The van der Waals surface area contributed by atoms with E-state index >= 15 is 0 Å². The van der Waals surface area contributed by atoms with Crippen molar-refractivity contribution in [2.75, 3.05) is 35.5 Å². The molecule has 0 aliphatic carbocycles. The predicted octanol–water partition coefficient (Wildman–Crippen LogP) is 3.89. The van der Waals surface area contributed by atoms with Crippen LogP contribution in [0.1, 0.15) is 90.4 Å². The maximum Gasteiger partial charge on any atom is 0.310 e. The van der Waals surface area contributed by atoms with E-state index in [-0.39, 0.29) is 61.4 Å². The van der Waals surface area contributed by atoms with Crippen LogP contribution in [0.2, 0.25) is 0 Å². The fourth-order valence-electron chi connectivity index (χ4n) is 6.90. The molecule has 8 bridgehead atoms. The fraction of sp³-hybridized carbons (Fsp3) is 0.462. The summed E-state index contributed by atoms with van der Waals surface area (Å²) in [7, 11) is 6.54. The third kappa shape index (κ3) is 7.12. The second kappa shape index (κ2) is 15.1. The van der Waals surface area contributed by atoms with Gasteiger partial charge in [-0.05, 0) is 87.1 Å². The van der Waals surface area contributed by atoms with Crippen LogP contribution in [0.3, 0.4) is 0 Å². The summed E-state index contributed by atoms with van der Waals surface area (Å²) < 4.78 is 25.9. The van der Waals surface area contributed by atoms with E-state index in [1.807, 2.05) is 0 Å². The molecule has 0 spiro atoms. The maximum atomic E-state index is 13.9. The molecule has 0 saturated heterocycles. The normalized spacial score (nSPS) is 19.0. The number of nitrogens with one attached hydrogen (secondary N) is 2. The minimum absolute atomic E-state index is 0.0267. The molecular weight excluding hydrogens is 700 g/mol. The lowest BCUT2D eigenvalue weighted by atomic mass is 9.82. The van der Waals surface area contributed by atoms with Gasteiger partial charge in [-0.15, -0.1) is 0 Å². The quantitative estimate of drug-likeness (QED) is 0.188. The number of H-pyrrole nitrogens is 2. The van der Waals surface area contributed by atoms with E-state index in [4.69, 9.17) is 33.7 Å². The van der Waals surface area contributed by atoms with E-state index < -0.39 is 40.5 Å². The number of Topliss-reactive ketones (excluding diaryl/α,β-unsaturated/α-hetero) is 1. The molecule has 2 aliphatic rings. The van der Waals surface area contributed by atoms with Gasteiger partial charge in [0.05, 0.1) is 63.8 Å². The zero-order valence-electron chi connectivity index (χ0n) is 32.0. The van der Waals surface area contributed by atoms with E-state index in [1.165, 1.54) is 48.5 Å². The maximum absolute atomic E-state index is 13.9. The van der Waals surface area contributed by atoms with Crippen molar-refractivity contribution in [1.82, 2.24) is 19.9 Å². The SMILES string of the molecule is COC(=O)CCc1c(CC(=O)OC)c2cc3nc(cc4nc(cc5[nH]c(cc1[nH]2)c(CCC(=O)OC)c5CC(=O)OC)C(C)(OC)C4(C)O)C(=O)C3(C)C. The van der Waals surface area contributed by atoms with Gasteiger partial charge in [-0.1, -0.05) is 0 Å². The first-order chi connectivity index (χ1) is 25.4. The second-order valence-electron chi connectivity index (χ2n) is 14.1. The lowest BCUT2D eigenvalue weighted by Gasteiger charge is -2.35. The van der Waals surface area contributed by atoms with Crippen LogP contribution in [0.5, 0.6) is 0 Å². The van der Waals surface area contributed by atoms with Crippen molar-refractivity contribution in [2.24, 2.45) is 0 Å². The van der Waals surface area contributed by atoms with Gasteiger partial charge < -0.3 is 38.8 Å². The van der Waals surface area contributed by atoms with Crippen molar-refractivity contribution in [3.8, 4) is 0 Å². The van der Waals surface area contributed by atoms with Crippen molar-refractivity contribution in [3.05, 3.63) is 69.3 Å². The number of aryl methyl sites for hydroxylation is 2. The monoisotopic (exact) mass is 746 g/mol. The van der Waals surface area contributed by atoms with Gasteiger partial charge >= 0.3 is 23.9 Å². The first kappa shape index (κ1) is 39.8. The lowest BCUT2D eigenvalue weighted by molar-refractivity contribution is -0.156. The van der Waals surface area contributed by atoms with Gasteiger partial charge in [-0.25, -0.2) is 4.98 Å². The number of aromatic nitrogens is 4. The van der Waals surface area contributed by atoms with Gasteiger partial charge in [-0.3, -0.25) is 29.0 Å². The van der Waals surface area contributed by atoms with Crippen molar-refractivity contribution >= 4 is 51.7 Å². The average Bonchev–Trinajstić information content (AvgIpc) is 3.76. The third-order valence-corrected chi connectivity index (χ3v) is 10.7. The number of fused-ring (bicyclic) bond motifs is 8. The van der Waals surface area contributed by atoms with E-state index in [1.54, 1.807) is 39.0 Å². The molecule has 288 valence electrons. The Labute approximate surface area is 311 Å². The van der Waals surface area contributed by atoms with Crippen LogP contribution in [0.4, 0.5) is 0 Å². The molecule has 2 unspecified atom stereocenters. The first-order valence-corrected chi connectivity index (χ1v) is 17.3. The first-order valence-electron chi connectivity index (χ1n) is 17.3. The molecule has 2 aliphatic heterocycles. The van der Waals surface area contributed by atoms with E-state index in [0.717, 1.165) is 0 Å². The molecule has 2 atom stereocenters. The van der Waals surface area contributed by atoms with Gasteiger partial charge in [0.1, 0.15) is 16.9 Å². The Morgan fingerprint density at radius 3 is 1.50 bits per heavy atom. The summed E-state index contributed by atoms with van der Waals surface area (Å²) in [6.07, 6.45) is -0.157. The molecule has 0 saturated carbocycles. The van der Waals surface area contributed by atoms with Gasteiger partial charge in [0, 0.05) is 42.0 Å². The summed E-state index contributed by atoms with van der Waals surface area (Å²) in [4.78, 5) is 81.0. The molecule has 15 heteroatoms. The van der Waals surface area contributed by atoms with E-state index in [9.17, 15) is 29.1 Å².